The Kier molecular flexibility index (Phi) is 9.21. The summed E-state index contributed by atoms with van der Waals surface area (Å²) in [6.07, 6.45) is 1.12. The van der Waals surface area contributed by atoms with E-state index in [1.54, 1.807) is 7.11 Å². The van der Waals surface area contributed by atoms with E-state index in [2.05, 4.69) is 22.5 Å². The maximum atomic E-state index is 5.92. The summed E-state index contributed by atoms with van der Waals surface area (Å²) in [5, 5.41) is 6.64. The Morgan fingerprint density at radius 1 is 1.33 bits per heavy atom. The summed E-state index contributed by atoms with van der Waals surface area (Å²) in [4.78, 5) is 4.63. The van der Waals surface area contributed by atoms with Crippen LogP contribution < -0.4 is 20.1 Å². The van der Waals surface area contributed by atoms with E-state index < -0.39 is 0 Å². The van der Waals surface area contributed by atoms with Gasteiger partial charge in [0, 0.05) is 25.3 Å². The van der Waals surface area contributed by atoms with Gasteiger partial charge in [-0.25, -0.2) is 4.99 Å². The first-order valence-electron chi connectivity index (χ1n) is 9.65. The van der Waals surface area contributed by atoms with Crippen LogP contribution in [0.2, 0.25) is 0 Å². The van der Waals surface area contributed by atoms with E-state index >= 15 is 0 Å². The Hall–Kier alpha value is -1.99. The summed E-state index contributed by atoms with van der Waals surface area (Å²) >= 11 is 0. The fourth-order valence-corrected chi connectivity index (χ4v) is 2.68. The van der Waals surface area contributed by atoms with Crippen LogP contribution in [0, 0.1) is 0 Å². The van der Waals surface area contributed by atoms with Crippen molar-refractivity contribution in [2.45, 2.75) is 45.4 Å². The van der Waals surface area contributed by atoms with E-state index in [-0.39, 0.29) is 18.2 Å². The van der Waals surface area contributed by atoms with Gasteiger partial charge in [0.25, 0.3) is 0 Å². The van der Waals surface area contributed by atoms with Crippen molar-refractivity contribution >= 4 is 5.96 Å². The highest BCUT2D eigenvalue weighted by Gasteiger charge is 2.17. The Balaban J connectivity index is 1.79. The lowest BCUT2D eigenvalue weighted by Crippen LogP contribution is -2.45. The van der Waals surface area contributed by atoms with E-state index in [1.165, 1.54) is 0 Å². The first-order chi connectivity index (χ1) is 13.1. The molecule has 1 aliphatic heterocycles. The first kappa shape index (κ1) is 21.3. The van der Waals surface area contributed by atoms with E-state index in [4.69, 9.17) is 18.9 Å². The highest BCUT2D eigenvalue weighted by Crippen LogP contribution is 2.19. The molecule has 7 heteroatoms. The third kappa shape index (κ3) is 8.05. The summed E-state index contributed by atoms with van der Waals surface area (Å²) in [5.74, 6) is 2.31. The minimum atomic E-state index is -0.0604. The van der Waals surface area contributed by atoms with Crippen LogP contribution in [0.1, 0.15) is 27.2 Å². The summed E-state index contributed by atoms with van der Waals surface area (Å²) in [5.41, 5.74) is 0. The predicted octanol–water partition coefficient (Wildman–Crippen LogP) is 2.21. The van der Waals surface area contributed by atoms with Crippen molar-refractivity contribution < 1.29 is 18.9 Å². The number of hydrogen-bond acceptors (Lipinski definition) is 5. The van der Waals surface area contributed by atoms with Gasteiger partial charge in [-0.05, 0) is 39.3 Å². The van der Waals surface area contributed by atoms with Gasteiger partial charge in [0.15, 0.2) is 5.96 Å². The van der Waals surface area contributed by atoms with Crippen molar-refractivity contribution in [3.05, 3.63) is 24.3 Å². The number of rotatable bonds is 10. The van der Waals surface area contributed by atoms with Crippen molar-refractivity contribution in [2.24, 2.45) is 4.99 Å². The molecule has 27 heavy (non-hydrogen) atoms. The van der Waals surface area contributed by atoms with E-state index in [9.17, 15) is 0 Å². The molecule has 152 valence electrons. The van der Waals surface area contributed by atoms with Crippen LogP contribution in [0.5, 0.6) is 11.5 Å². The Bertz CT molecular complexity index is 576. The number of benzene rings is 1. The molecule has 0 aliphatic carbocycles. The van der Waals surface area contributed by atoms with Crippen molar-refractivity contribution in [3.63, 3.8) is 0 Å². The number of nitrogens with zero attached hydrogens (tertiary/aromatic N) is 1. The molecular weight excluding hydrogens is 346 g/mol. The molecule has 1 aromatic carbocycles. The van der Waals surface area contributed by atoms with Gasteiger partial charge in [-0.1, -0.05) is 6.07 Å². The molecule has 0 aromatic heterocycles. The zero-order chi connectivity index (χ0) is 19.5. The van der Waals surface area contributed by atoms with Crippen molar-refractivity contribution in [1.82, 2.24) is 10.6 Å². The molecule has 1 fully saturated rings. The minimum Gasteiger partial charge on any atom is -0.497 e. The van der Waals surface area contributed by atoms with E-state index in [1.807, 2.05) is 38.1 Å². The largest absolute Gasteiger partial charge is 0.497 e. The highest BCUT2D eigenvalue weighted by atomic mass is 16.5. The molecule has 3 unspecified atom stereocenters. The SMILES string of the molecule is CCNC(=NCC(C)Oc1cccc(OC)c1)NC(C)COC1CCOC1. The first-order valence-corrected chi connectivity index (χ1v) is 9.65. The lowest BCUT2D eigenvalue weighted by molar-refractivity contribution is 0.0347. The number of nitrogens with one attached hydrogen (secondary N) is 2. The van der Waals surface area contributed by atoms with E-state index in [0.717, 1.165) is 37.0 Å². The summed E-state index contributed by atoms with van der Waals surface area (Å²) in [6, 6.07) is 7.74. The fraction of sp³-hybridized carbons (Fsp3) is 0.650. The lowest BCUT2D eigenvalue weighted by Gasteiger charge is -2.20. The molecule has 0 saturated carbocycles. The molecule has 2 rings (SSSR count). The molecule has 1 saturated heterocycles. The van der Waals surface area contributed by atoms with Crippen LogP contribution >= 0.6 is 0 Å². The lowest BCUT2D eigenvalue weighted by atomic mass is 10.3. The van der Waals surface area contributed by atoms with Gasteiger partial charge in [-0.3, -0.25) is 0 Å². The van der Waals surface area contributed by atoms with Crippen molar-refractivity contribution in [2.75, 3.05) is 40.0 Å². The Morgan fingerprint density at radius 3 is 2.85 bits per heavy atom. The van der Waals surface area contributed by atoms with Gasteiger partial charge in [0.2, 0.25) is 0 Å². The average Bonchev–Trinajstić information content (AvgIpc) is 3.18. The minimum absolute atomic E-state index is 0.0604. The van der Waals surface area contributed by atoms with Crippen LogP contribution in [-0.2, 0) is 9.47 Å². The highest BCUT2D eigenvalue weighted by molar-refractivity contribution is 5.80. The maximum absolute atomic E-state index is 5.92. The van der Waals surface area contributed by atoms with Crippen molar-refractivity contribution in [1.29, 1.82) is 0 Å². The Morgan fingerprint density at radius 2 is 2.15 bits per heavy atom. The van der Waals surface area contributed by atoms with Gasteiger partial charge in [-0.15, -0.1) is 0 Å². The monoisotopic (exact) mass is 379 g/mol. The van der Waals surface area contributed by atoms with Gasteiger partial charge >= 0.3 is 0 Å². The predicted molar refractivity (Wildman–Crippen MR) is 107 cm³/mol. The molecule has 0 bridgehead atoms. The van der Waals surface area contributed by atoms with Crippen LogP contribution in [-0.4, -0.2) is 64.2 Å². The number of hydrogen-bond donors (Lipinski definition) is 2. The summed E-state index contributed by atoms with van der Waals surface area (Å²) < 4.78 is 22.3. The fourth-order valence-electron chi connectivity index (χ4n) is 2.68. The zero-order valence-corrected chi connectivity index (χ0v) is 16.9. The van der Waals surface area contributed by atoms with Crippen LogP contribution in [0.25, 0.3) is 0 Å². The Labute approximate surface area is 162 Å². The van der Waals surface area contributed by atoms with Crippen molar-refractivity contribution in [3.8, 4) is 11.5 Å². The number of ether oxygens (including phenoxy) is 4. The molecule has 0 amide bonds. The van der Waals surface area contributed by atoms with Crippen LogP contribution in [0.4, 0.5) is 0 Å². The molecule has 1 aliphatic rings. The molecule has 7 nitrogen and oxygen atoms in total. The molecule has 2 N–H and O–H groups in total. The number of guanidine groups is 1. The van der Waals surface area contributed by atoms with Crippen LogP contribution in [0.3, 0.4) is 0 Å². The smallest absolute Gasteiger partial charge is 0.191 e. The van der Waals surface area contributed by atoms with E-state index in [0.29, 0.717) is 19.8 Å². The third-order valence-corrected chi connectivity index (χ3v) is 4.08. The van der Waals surface area contributed by atoms with Gasteiger partial charge in [0.1, 0.15) is 17.6 Å². The second kappa shape index (κ2) is 11.7. The third-order valence-electron chi connectivity index (χ3n) is 4.08. The quantitative estimate of drug-likeness (QED) is 0.480. The second-order valence-corrected chi connectivity index (χ2v) is 6.69. The summed E-state index contributed by atoms with van der Waals surface area (Å²) in [6.45, 7) is 9.57. The second-order valence-electron chi connectivity index (χ2n) is 6.69. The maximum Gasteiger partial charge on any atom is 0.191 e. The van der Waals surface area contributed by atoms with Gasteiger partial charge in [-0.2, -0.15) is 0 Å². The average molecular weight is 380 g/mol. The van der Waals surface area contributed by atoms with Crippen LogP contribution in [0.15, 0.2) is 29.3 Å². The van der Waals surface area contributed by atoms with Gasteiger partial charge in [0.05, 0.1) is 33.0 Å². The van der Waals surface area contributed by atoms with Gasteiger partial charge < -0.3 is 29.6 Å². The number of methoxy groups -OCH3 is 1. The standard InChI is InChI=1S/C20H33N3O4/c1-5-21-20(23-15(2)13-26-19-9-10-25-14-19)22-12-16(3)27-18-8-6-7-17(11-18)24-4/h6-8,11,15-16,19H,5,9-10,12-14H2,1-4H3,(H2,21,22,23). The molecule has 0 radical (unpaired) electrons. The topological polar surface area (TPSA) is 73.3 Å². The molecule has 1 aromatic rings. The molecule has 1 heterocycles. The summed E-state index contributed by atoms with van der Waals surface area (Å²) in [7, 11) is 1.64. The molecular formula is C20H33N3O4. The molecule has 3 atom stereocenters. The number of aliphatic imine (C=N–C) groups is 1. The zero-order valence-electron chi connectivity index (χ0n) is 16.9. The molecule has 0 spiro atoms. The normalized spacial score (nSPS) is 19.4.